The van der Waals surface area contributed by atoms with Crippen LogP contribution in [0.5, 0.6) is 5.75 Å². The molecule has 2 aromatic rings. The van der Waals surface area contributed by atoms with Crippen LogP contribution in [0, 0.1) is 11.3 Å². The molecule has 8 nitrogen and oxygen atoms in total. The van der Waals surface area contributed by atoms with E-state index in [0.717, 1.165) is 11.0 Å². The highest BCUT2D eigenvalue weighted by Gasteiger charge is 2.51. The van der Waals surface area contributed by atoms with Gasteiger partial charge in [-0.25, -0.2) is 8.42 Å². The maximum atomic E-state index is 13.5. The first-order chi connectivity index (χ1) is 16.6. The van der Waals surface area contributed by atoms with Crippen molar-refractivity contribution in [3.05, 3.63) is 47.5 Å². The van der Waals surface area contributed by atoms with Gasteiger partial charge in [-0.15, -0.1) is 0 Å². The number of alkyl halides is 3. The van der Waals surface area contributed by atoms with Crippen molar-refractivity contribution in [2.75, 3.05) is 15.6 Å². The van der Waals surface area contributed by atoms with Gasteiger partial charge in [0.05, 0.1) is 34.7 Å². The molecule has 13 heteroatoms. The lowest BCUT2D eigenvalue weighted by Gasteiger charge is -2.32. The molecule has 2 aliphatic rings. The number of fused-ring (bicyclic) bond motifs is 1. The first kappa shape index (κ1) is 25.9. The number of ether oxygens (including phenoxy) is 1. The highest BCUT2D eigenvalue weighted by Crippen LogP contribution is 2.42. The number of aliphatic hydroxyl groups excluding tert-OH is 1. The highest BCUT2D eigenvalue weighted by atomic mass is 32.2. The predicted octanol–water partition coefficient (Wildman–Crippen LogP) is 3.41. The van der Waals surface area contributed by atoms with E-state index in [2.05, 4.69) is 0 Å². The molecule has 2 heterocycles. The summed E-state index contributed by atoms with van der Waals surface area (Å²) >= 11 is 5.49. The SMILES string of the molecule is C[C@H](O)[C@H]1CS(=O)(=O)c2cc(N3C(=S)N(c4ccc(C#N)c(C(F)(F)F)c4)C(=O)C3(C)C)ccc2O1. The summed E-state index contributed by atoms with van der Waals surface area (Å²) in [5, 5.41) is 18.7. The number of aliphatic hydroxyl groups is 1. The average Bonchev–Trinajstić information content (AvgIpc) is 2.95. The zero-order valence-electron chi connectivity index (χ0n) is 19.2. The number of nitrogens with zero attached hydrogens (tertiary/aromatic N) is 3. The second-order valence-corrected chi connectivity index (χ2v) is 11.3. The fourth-order valence-electron chi connectivity index (χ4n) is 4.18. The summed E-state index contributed by atoms with van der Waals surface area (Å²) in [4.78, 5) is 15.5. The minimum absolute atomic E-state index is 0.0314. The normalized spacial score (nSPS) is 21.6. The Labute approximate surface area is 210 Å². The van der Waals surface area contributed by atoms with E-state index in [-0.39, 0.29) is 27.1 Å². The average molecular weight is 540 g/mol. The van der Waals surface area contributed by atoms with Crippen molar-refractivity contribution in [1.82, 2.24) is 0 Å². The third-order valence-electron chi connectivity index (χ3n) is 6.08. The quantitative estimate of drug-likeness (QED) is 0.591. The second kappa shape index (κ2) is 8.43. The van der Waals surface area contributed by atoms with Crippen LogP contribution in [-0.2, 0) is 20.8 Å². The molecular formula is C23H20F3N3O5S2. The van der Waals surface area contributed by atoms with Crippen molar-refractivity contribution in [2.45, 2.75) is 49.6 Å². The van der Waals surface area contributed by atoms with Gasteiger partial charge in [-0.3, -0.25) is 9.69 Å². The summed E-state index contributed by atoms with van der Waals surface area (Å²) < 4.78 is 71.9. The molecule has 36 heavy (non-hydrogen) atoms. The van der Waals surface area contributed by atoms with E-state index >= 15 is 0 Å². The highest BCUT2D eigenvalue weighted by molar-refractivity contribution is 7.91. The molecule has 0 aromatic heterocycles. The van der Waals surface area contributed by atoms with Gasteiger partial charge in [0.2, 0.25) is 0 Å². The molecular weight excluding hydrogens is 519 g/mol. The van der Waals surface area contributed by atoms with Gasteiger partial charge in [0.25, 0.3) is 5.91 Å². The van der Waals surface area contributed by atoms with E-state index < -0.39 is 56.5 Å². The number of carbonyl (C=O) groups excluding carboxylic acids is 1. The fraction of sp³-hybridized carbons (Fsp3) is 0.348. The molecule has 2 aromatic carbocycles. The second-order valence-electron chi connectivity index (χ2n) is 8.97. The van der Waals surface area contributed by atoms with Gasteiger partial charge in [0.1, 0.15) is 22.3 Å². The van der Waals surface area contributed by atoms with Crippen LogP contribution in [0.4, 0.5) is 24.5 Å². The van der Waals surface area contributed by atoms with E-state index in [9.17, 15) is 31.5 Å². The number of halogens is 3. The zero-order valence-corrected chi connectivity index (χ0v) is 20.8. The van der Waals surface area contributed by atoms with E-state index in [1.54, 1.807) is 0 Å². The summed E-state index contributed by atoms with van der Waals surface area (Å²) in [6.07, 6.45) is -6.82. The molecule has 0 unspecified atom stereocenters. The van der Waals surface area contributed by atoms with Gasteiger partial charge in [-0.1, -0.05) is 0 Å². The summed E-state index contributed by atoms with van der Waals surface area (Å²) in [6, 6.07) is 8.47. The van der Waals surface area contributed by atoms with Crippen LogP contribution in [0.2, 0.25) is 0 Å². The third-order valence-corrected chi connectivity index (χ3v) is 8.20. The fourth-order valence-corrected chi connectivity index (χ4v) is 6.38. The van der Waals surface area contributed by atoms with Crippen molar-refractivity contribution in [3.63, 3.8) is 0 Å². The maximum Gasteiger partial charge on any atom is 0.417 e. The Morgan fingerprint density at radius 1 is 1.22 bits per heavy atom. The number of amides is 1. The maximum absolute atomic E-state index is 13.5. The van der Waals surface area contributed by atoms with Crippen molar-refractivity contribution in [2.24, 2.45) is 0 Å². The van der Waals surface area contributed by atoms with Gasteiger partial charge in [-0.2, -0.15) is 18.4 Å². The summed E-state index contributed by atoms with van der Waals surface area (Å²) in [6.45, 7) is 4.42. The zero-order chi connectivity index (χ0) is 26.8. The number of anilines is 2. The number of nitriles is 1. The number of carbonyl (C=O) groups is 1. The van der Waals surface area contributed by atoms with E-state index in [0.29, 0.717) is 6.07 Å². The molecule has 1 amide bonds. The monoisotopic (exact) mass is 539 g/mol. The first-order valence-electron chi connectivity index (χ1n) is 10.6. The minimum atomic E-state index is -4.84. The third kappa shape index (κ3) is 4.08. The lowest BCUT2D eigenvalue weighted by atomic mass is 10.0. The lowest BCUT2D eigenvalue weighted by molar-refractivity contribution is -0.137. The number of hydrogen-bond acceptors (Lipinski definition) is 7. The molecule has 1 N–H and O–H groups in total. The predicted molar refractivity (Wildman–Crippen MR) is 127 cm³/mol. The standard InChI is InChI=1S/C23H20F3N3O5S2/c1-12(30)18-11-36(32,33)19-9-15(6-7-17(19)34-18)29-21(35)28(20(31)22(29,2)3)14-5-4-13(10-27)16(8-14)23(24,25)26/h4-9,12,18,30H,11H2,1-3H3/t12-,18+/m0/s1. The van der Waals surface area contributed by atoms with E-state index in [1.165, 1.54) is 56.0 Å². The molecule has 0 radical (unpaired) electrons. The number of thiocarbonyl (C=S) groups is 1. The summed E-state index contributed by atoms with van der Waals surface area (Å²) in [5.74, 6) is -1.06. The van der Waals surface area contributed by atoms with Crippen LogP contribution >= 0.6 is 12.2 Å². The Kier molecular flexibility index (Phi) is 6.06. The van der Waals surface area contributed by atoms with Crippen molar-refractivity contribution < 1.29 is 36.2 Å². The van der Waals surface area contributed by atoms with E-state index in [1.807, 2.05) is 0 Å². The number of benzene rings is 2. The Morgan fingerprint density at radius 2 is 1.86 bits per heavy atom. The topological polar surface area (TPSA) is 111 Å². The van der Waals surface area contributed by atoms with Crippen LogP contribution in [0.1, 0.15) is 31.9 Å². The molecule has 0 bridgehead atoms. The van der Waals surface area contributed by atoms with Gasteiger partial charge in [0.15, 0.2) is 14.9 Å². The van der Waals surface area contributed by atoms with Crippen LogP contribution in [0.15, 0.2) is 41.3 Å². The van der Waals surface area contributed by atoms with Crippen LogP contribution in [0.25, 0.3) is 0 Å². The van der Waals surface area contributed by atoms with Gasteiger partial charge in [0, 0.05) is 5.69 Å². The smallest absolute Gasteiger partial charge is 0.417 e. The lowest BCUT2D eigenvalue weighted by Crippen LogP contribution is -2.44. The van der Waals surface area contributed by atoms with Crippen LogP contribution in [-0.4, -0.2) is 48.0 Å². The molecule has 2 atom stereocenters. The molecule has 1 saturated heterocycles. The largest absolute Gasteiger partial charge is 0.485 e. The summed E-state index contributed by atoms with van der Waals surface area (Å²) in [7, 11) is -3.86. The van der Waals surface area contributed by atoms with Gasteiger partial charge in [-0.05, 0) is 69.4 Å². The molecule has 1 fully saturated rings. The molecule has 2 aliphatic heterocycles. The first-order valence-corrected chi connectivity index (χ1v) is 12.7. The molecule has 0 aliphatic carbocycles. The van der Waals surface area contributed by atoms with Crippen LogP contribution < -0.4 is 14.5 Å². The number of hydrogen-bond donors (Lipinski definition) is 1. The Bertz CT molecular complexity index is 1430. The molecule has 0 spiro atoms. The minimum Gasteiger partial charge on any atom is -0.485 e. The van der Waals surface area contributed by atoms with Crippen molar-refractivity contribution in [1.29, 1.82) is 5.26 Å². The summed E-state index contributed by atoms with van der Waals surface area (Å²) in [5.41, 5.74) is -3.17. The van der Waals surface area contributed by atoms with Gasteiger partial charge < -0.3 is 14.7 Å². The molecule has 0 saturated carbocycles. The Balaban J connectivity index is 1.79. The van der Waals surface area contributed by atoms with Crippen molar-refractivity contribution in [3.8, 4) is 11.8 Å². The number of rotatable bonds is 3. The van der Waals surface area contributed by atoms with Crippen molar-refractivity contribution >= 4 is 44.4 Å². The molecule has 190 valence electrons. The Hall–Kier alpha value is -3.21. The Morgan fingerprint density at radius 3 is 2.44 bits per heavy atom. The van der Waals surface area contributed by atoms with E-state index in [4.69, 9.17) is 22.2 Å². The molecule has 4 rings (SSSR count). The van der Waals surface area contributed by atoms with Crippen LogP contribution in [0.3, 0.4) is 0 Å². The number of sulfone groups is 1. The van der Waals surface area contributed by atoms with Gasteiger partial charge >= 0.3 is 6.18 Å².